The number of benzene rings is 2. The predicted molar refractivity (Wildman–Crippen MR) is 124 cm³/mol. The highest BCUT2D eigenvalue weighted by Gasteiger charge is 2.13. The van der Waals surface area contributed by atoms with Crippen LogP contribution in [0.2, 0.25) is 0 Å². The Bertz CT molecular complexity index is 1170. The maximum atomic E-state index is 12.6. The largest absolute Gasteiger partial charge is 0.349 e. The Kier molecular flexibility index (Phi) is 6.23. The highest BCUT2D eigenvalue weighted by molar-refractivity contribution is 7.99. The van der Waals surface area contributed by atoms with Gasteiger partial charge in [-0.1, -0.05) is 36.0 Å². The average molecular weight is 432 g/mol. The number of carbonyl (C=O) groups excluding carboxylic acids is 1. The van der Waals surface area contributed by atoms with Crippen molar-refractivity contribution in [2.45, 2.75) is 32.0 Å². The molecule has 4 rings (SSSR count). The van der Waals surface area contributed by atoms with Crippen molar-refractivity contribution in [1.29, 1.82) is 0 Å². The smallest absolute Gasteiger partial charge is 0.230 e. The molecule has 0 aliphatic carbocycles. The molecule has 1 N–H and O–H groups in total. The van der Waals surface area contributed by atoms with Gasteiger partial charge in [0.1, 0.15) is 0 Å². The van der Waals surface area contributed by atoms with E-state index in [2.05, 4.69) is 47.3 Å². The Hall–Kier alpha value is -3.32. The van der Waals surface area contributed by atoms with Gasteiger partial charge in [0.05, 0.1) is 23.8 Å². The van der Waals surface area contributed by atoms with Crippen LogP contribution in [-0.4, -0.2) is 30.8 Å². The van der Waals surface area contributed by atoms with Crippen molar-refractivity contribution >= 4 is 17.7 Å². The number of nitrogens with zero attached hydrogens (tertiary/aromatic N) is 4. The van der Waals surface area contributed by atoms with E-state index >= 15 is 0 Å². The molecule has 0 bridgehead atoms. The Morgan fingerprint density at radius 2 is 1.90 bits per heavy atom. The van der Waals surface area contributed by atoms with Crippen LogP contribution in [0.5, 0.6) is 0 Å². The molecule has 0 saturated heterocycles. The van der Waals surface area contributed by atoms with Crippen LogP contribution >= 0.6 is 11.8 Å². The van der Waals surface area contributed by atoms with E-state index in [9.17, 15) is 4.79 Å². The predicted octanol–water partition coefficient (Wildman–Crippen LogP) is 4.64. The Balaban J connectivity index is 1.37. The van der Waals surface area contributed by atoms with Gasteiger partial charge in [0.2, 0.25) is 5.91 Å². The number of hydrogen-bond donors (Lipinski definition) is 1. The van der Waals surface area contributed by atoms with Crippen LogP contribution in [0.1, 0.15) is 29.7 Å². The molecule has 7 heteroatoms. The molecule has 6 nitrogen and oxygen atoms in total. The first-order chi connectivity index (χ1) is 15.0. The Morgan fingerprint density at radius 1 is 1.10 bits per heavy atom. The number of aromatic nitrogens is 4. The molecule has 158 valence electrons. The lowest BCUT2D eigenvalue weighted by Gasteiger charge is -2.15. The van der Waals surface area contributed by atoms with Crippen molar-refractivity contribution in [2.24, 2.45) is 0 Å². The van der Waals surface area contributed by atoms with Crippen LogP contribution in [0, 0.1) is 13.8 Å². The van der Waals surface area contributed by atoms with Crippen LogP contribution in [-0.2, 0) is 4.79 Å². The van der Waals surface area contributed by atoms with Crippen molar-refractivity contribution in [1.82, 2.24) is 24.4 Å². The quantitative estimate of drug-likeness (QED) is 0.433. The van der Waals surface area contributed by atoms with Gasteiger partial charge in [0.15, 0.2) is 5.16 Å². The summed E-state index contributed by atoms with van der Waals surface area (Å²) in [5.74, 6) is 0.283. The zero-order chi connectivity index (χ0) is 21.8. The van der Waals surface area contributed by atoms with Gasteiger partial charge in [-0.3, -0.25) is 9.36 Å². The first kappa shape index (κ1) is 20.9. The summed E-state index contributed by atoms with van der Waals surface area (Å²) in [4.78, 5) is 21.1. The lowest BCUT2D eigenvalue weighted by Crippen LogP contribution is -2.28. The molecule has 0 spiro atoms. The van der Waals surface area contributed by atoms with E-state index in [1.165, 1.54) is 22.9 Å². The summed E-state index contributed by atoms with van der Waals surface area (Å²) >= 11 is 1.44. The van der Waals surface area contributed by atoms with Gasteiger partial charge < -0.3 is 9.88 Å². The minimum atomic E-state index is -0.0799. The molecule has 4 aromatic rings. The van der Waals surface area contributed by atoms with Crippen LogP contribution in [0.4, 0.5) is 0 Å². The van der Waals surface area contributed by atoms with Gasteiger partial charge in [-0.2, -0.15) is 0 Å². The molecule has 1 amide bonds. The minimum Gasteiger partial charge on any atom is -0.349 e. The molecule has 31 heavy (non-hydrogen) atoms. The topological polar surface area (TPSA) is 64.7 Å². The molecule has 2 aromatic heterocycles. The SMILES string of the molecule is Cc1ccc(C)c(-n2ccnc2SCC(=O)NC(C)c2ccc(-n3ccnc3)cc2)c1. The number of amides is 1. The zero-order valence-electron chi connectivity index (χ0n) is 17.8. The van der Waals surface area contributed by atoms with Crippen molar-refractivity contribution in [3.05, 3.63) is 90.3 Å². The normalized spacial score (nSPS) is 12.0. The van der Waals surface area contributed by atoms with E-state index in [1.807, 2.05) is 52.7 Å². The lowest BCUT2D eigenvalue weighted by atomic mass is 10.1. The molecule has 2 heterocycles. The van der Waals surface area contributed by atoms with Crippen molar-refractivity contribution in [2.75, 3.05) is 5.75 Å². The number of imidazole rings is 2. The minimum absolute atomic E-state index is 0.0216. The molecule has 1 atom stereocenters. The van der Waals surface area contributed by atoms with E-state index in [0.717, 1.165) is 22.1 Å². The second-order valence-corrected chi connectivity index (χ2v) is 8.45. The fourth-order valence-electron chi connectivity index (χ4n) is 3.40. The molecule has 0 radical (unpaired) electrons. The first-order valence-corrected chi connectivity index (χ1v) is 11.1. The summed E-state index contributed by atoms with van der Waals surface area (Å²) in [6.07, 6.45) is 9.12. The van der Waals surface area contributed by atoms with Crippen molar-refractivity contribution in [3.63, 3.8) is 0 Å². The van der Waals surface area contributed by atoms with E-state index in [4.69, 9.17) is 0 Å². The summed E-state index contributed by atoms with van der Waals surface area (Å²) in [5, 5.41) is 3.88. The van der Waals surface area contributed by atoms with Gasteiger partial charge in [-0.05, 0) is 55.7 Å². The van der Waals surface area contributed by atoms with Gasteiger partial charge in [0, 0.05) is 30.5 Å². The van der Waals surface area contributed by atoms with E-state index in [-0.39, 0.29) is 11.9 Å². The van der Waals surface area contributed by atoms with Gasteiger partial charge in [-0.25, -0.2) is 9.97 Å². The third-order valence-electron chi connectivity index (χ3n) is 5.14. The lowest BCUT2D eigenvalue weighted by molar-refractivity contribution is -0.119. The third-order valence-corrected chi connectivity index (χ3v) is 6.10. The number of nitrogens with one attached hydrogen (secondary N) is 1. The van der Waals surface area contributed by atoms with Crippen LogP contribution in [0.25, 0.3) is 11.4 Å². The summed E-state index contributed by atoms with van der Waals surface area (Å²) in [6, 6.07) is 14.4. The molecule has 0 saturated carbocycles. The second kappa shape index (κ2) is 9.22. The van der Waals surface area contributed by atoms with E-state index in [1.54, 1.807) is 18.7 Å². The Morgan fingerprint density at radius 3 is 2.65 bits per heavy atom. The van der Waals surface area contributed by atoms with Gasteiger partial charge in [0.25, 0.3) is 0 Å². The highest BCUT2D eigenvalue weighted by Crippen LogP contribution is 2.24. The number of thioether (sulfide) groups is 1. The fourth-order valence-corrected chi connectivity index (χ4v) is 4.18. The number of carbonyl (C=O) groups is 1. The standard InChI is InChI=1S/C24H25N5OS/c1-17-4-5-18(2)22(14-17)29-13-11-26-24(29)31-15-23(30)27-19(3)20-6-8-21(9-7-20)28-12-10-25-16-28/h4-14,16,19H,15H2,1-3H3,(H,27,30). The third kappa shape index (κ3) is 4.88. The summed E-state index contributed by atoms with van der Waals surface area (Å²) in [6.45, 7) is 6.14. The second-order valence-electron chi connectivity index (χ2n) is 7.51. The van der Waals surface area contributed by atoms with Crippen LogP contribution in [0.15, 0.2) is 78.7 Å². The Labute approximate surface area is 186 Å². The molecular formula is C24H25N5OS. The maximum Gasteiger partial charge on any atom is 0.230 e. The number of rotatable bonds is 7. The van der Waals surface area contributed by atoms with Crippen LogP contribution in [0.3, 0.4) is 0 Å². The average Bonchev–Trinajstić information content (AvgIpc) is 3.46. The number of hydrogen-bond acceptors (Lipinski definition) is 4. The summed E-state index contributed by atoms with van der Waals surface area (Å²) < 4.78 is 3.99. The molecule has 0 aliphatic rings. The fraction of sp³-hybridized carbons (Fsp3) is 0.208. The summed E-state index contributed by atoms with van der Waals surface area (Å²) in [5.41, 5.74) is 5.54. The van der Waals surface area contributed by atoms with Crippen LogP contribution < -0.4 is 5.32 Å². The molecule has 2 aromatic carbocycles. The van der Waals surface area contributed by atoms with Crippen molar-refractivity contribution in [3.8, 4) is 11.4 Å². The monoisotopic (exact) mass is 431 g/mol. The molecular weight excluding hydrogens is 406 g/mol. The maximum absolute atomic E-state index is 12.6. The highest BCUT2D eigenvalue weighted by atomic mass is 32.2. The molecule has 0 fully saturated rings. The first-order valence-electron chi connectivity index (χ1n) is 10.1. The summed E-state index contributed by atoms with van der Waals surface area (Å²) in [7, 11) is 0. The molecule has 1 unspecified atom stereocenters. The number of aryl methyl sites for hydroxylation is 2. The van der Waals surface area contributed by atoms with E-state index < -0.39 is 0 Å². The zero-order valence-corrected chi connectivity index (χ0v) is 18.6. The van der Waals surface area contributed by atoms with E-state index in [0.29, 0.717) is 5.75 Å². The van der Waals surface area contributed by atoms with Gasteiger partial charge in [-0.15, -0.1) is 0 Å². The van der Waals surface area contributed by atoms with Gasteiger partial charge >= 0.3 is 0 Å². The molecule has 0 aliphatic heterocycles. The van der Waals surface area contributed by atoms with Crippen molar-refractivity contribution < 1.29 is 4.79 Å².